The Morgan fingerprint density at radius 2 is 1.81 bits per heavy atom. The smallest absolute Gasteiger partial charge is 0.281 e. The SMILES string of the molecule is O=C(CCN1CCSC1=O)NC12CC3CC(CC(C3)C1)C2. The van der Waals surface area contributed by atoms with Crippen molar-refractivity contribution in [3.05, 3.63) is 0 Å². The highest BCUT2D eigenvalue weighted by molar-refractivity contribution is 8.13. The molecule has 0 aromatic heterocycles. The first-order chi connectivity index (χ1) is 10.1. The molecule has 1 saturated heterocycles. The van der Waals surface area contributed by atoms with Crippen LogP contribution in [0.4, 0.5) is 4.79 Å². The van der Waals surface area contributed by atoms with Crippen LogP contribution < -0.4 is 5.32 Å². The number of rotatable bonds is 4. The first-order valence-electron chi connectivity index (χ1n) is 8.35. The van der Waals surface area contributed by atoms with E-state index in [1.807, 2.05) is 4.90 Å². The third-order valence-corrected chi connectivity index (χ3v) is 6.79. The average Bonchev–Trinajstić information content (AvgIpc) is 2.79. The molecule has 5 heteroatoms. The van der Waals surface area contributed by atoms with Crippen LogP contribution in [0.15, 0.2) is 0 Å². The van der Waals surface area contributed by atoms with Crippen molar-refractivity contribution in [1.29, 1.82) is 0 Å². The summed E-state index contributed by atoms with van der Waals surface area (Å²) < 4.78 is 0. The number of amides is 2. The predicted molar refractivity (Wildman–Crippen MR) is 83.1 cm³/mol. The summed E-state index contributed by atoms with van der Waals surface area (Å²) >= 11 is 1.37. The summed E-state index contributed by atoms with van der Waals surface area (Å²) in [5.74, 6) is 3.59. The van der Waals surface area contributed by atoms with Crippen LogP contribution in [0.1, 0.15) is 44.9 Å². The molecule has 1 N–H and O–H groups in total. The molecular weight excluding hydrogens is 284 g/mol. The fourth-order valence-electron chi connectivity index (χ4n) is 5.49. The van der Waals surface area contributed by atoms with Gasteiger partial charge in [-0.2, -0.15) is 0 Å². The summed E-state index contributed by atoms with van der Waals surface area (Å²) in [7, 11) is 0. The molecule has 116 valence electrons. The molecule has 1 heterocycles. The zero-order valence-corrected chi connectivity index (χ0v) is 13.3. The quantitative estimate of drug-likeness (QED) is 0.868. The Kier molecular flexibility index (Phi) is 3.43. The Bertz CT molecular complexity index is 430. The predicted octanol–water partition coefficient (Wildman–Crippen LogP) is 2.63. The van der Waals surface area contributed by atoms with Gasteiger partial charge in [-0.3, -0.25) is 9.59 Å². The van der Waals surface area contributed by atoms with E-state index in [1.54, 1.807) is 0 Å². The topological polar surface area (TPSA) is 49.4 Å². The Labute approximate surface area is 130 Å². The Morgan fingerprint density at radius 1 is 1.19 bits per heavy atom. The van der Waals surface area contributed by atoms with Crippen molar-refractivity contribution in [2.24, 2.45) is 17.8 Å². The van der Waals surface area contributed by atoms with E-state index < -0.39 is 0 Å². The summed E-state index contributed by atoms with van der Waals surface area (Å²) in [5.41, 5.74) is 0.107. The molecule has 0 aromatic rings. The second-order valence-electron chi connectivity index (χ2n) is 7.60. The molecule has 0 unspecified atom stereocenters. The standard InChI is InChI=1S/C16H24N2O2S/c19-14(1-2-18-3-4-21-15(18)20)17-16-8-11-5-12(9-16)7-13(6-11)10-16/h11-13H,1-10H2,(H,17,19). The fraction of sp³-hybridized carbons (Fsp3) is 0.875. The van der Waals surface area contributed by atoms with Gasteiger partial charge in [-0.05, 0) is 56.3 Å². The van der Waals surface area contributed by atoms with E-state index in [0.717, 1.165) is 30.1 Å². The molecule has 5 fully saturated rings. The third kappa shape index (κ3) is 2.69. The molecule has 21 heavy (non-hydrogen) atoms. The Balaban J connectivity index is 1.33. The lowest BCUT2D eigenvalue weighted by molar-refractivity contribution is -0.127. The summed E-state index contributed by atoms with van der Waals surface area (Å²) in [5, 5.41) is 3.52. The number of hydrogen-bond acceptors (Lipinski definition) is 3. The fourth-order valence-corrected chi connectivity index (χ4v) is 6.34. The van der Waals surface area contributed by atoms with Crippen LogP contribution in [0.3, 0.4) is 0 Å². The third-order valence-electron chi connectivity index (χ3n) is 5.90. The van der Waals surface area contributed by atoms with Crippen molar-refractivity contribution in [2.45, 2.75) is 50.5 Å². The van der Waals surface area contributed by atoms with E-state index in [9.17, 15) is 9.59 Å². The van der Waals surface area contributed by atoms with Gasteiger partial charge in [0, 0.05) is 30.8 Å². The van der Waals surface area contributed by atoms with E-state index in [0.29, 0.717) is 13.0 Å². The normalized spacial score (nSPS) is 40.9. The zero-order valence-electron chi connectivity index (χ0n) is 12.5. The second-order valence-corrected chi connectivity index (χ2v) is 8.64. The van der Waals surface area contributed by atoms with Crippen molar-refractivity contribution >= 4 is 22.9 Å². The van der Waals surface area contributed by atoms with E-state index in [2.05, 4.69) is 5.32 Å². The summed E-state index contributed by atoms with van der Waals surface area (Å²) in [6.45, 7) is 1.39. The maximum Gasteiger partial charge on any atom is 0.281 e. The molecule has 0 aromatic carbocycles. The second kappa shape index (κ2) is 5.18. The lowest BCUT2D eigenvalue weighted by atomic mass is 9.53. The Morgan fingerprint density at radius 3 is 2.33 bits per heavy atom. The molecule has 4 bridgehead atoms. The minimum Gasteiger partial charge on any atom is -0.351 e. The maximum absolute atomic E-state index is 12.3. The van der Waals surface area contributed by atoms with Crippen molar-refractivity contribution in [1.82, 2.24) is 10.2 Å². The first-order valence-corrected chi connectivity index (χ1v) is 9.33. The Hall–Kier alpha value is -0.710. The first kappa shape index (κ1) is 13.9. The molecule has 5 rings (SSSR count). The number of nitrogens with zero attached hydrogens (tertiary/aromatic N) is 1. The number of carbonyl (C=O) groups excluding carboxylic acids is 2. The van der Waals surface area contributed by atoms with E-state index in [4.69, 9.17) is 0 Å². The molecule has 4 aliphatic carbocycles. The van der Waals surface area contributed by atoms with Crippen LogP contribution in [0, 0.1) is 17.8 Å². The van der Waals surface area contributed by atoms with Gasteiger partial charge in [0.05, 0.1) is 0 Å². The van der Waals surface area contributed by atoms with Gasteiger partial charge in [-0.1, -0.05) is 11.8 Å². The summed E-state index contributed by atoms with van der Waals surface area (Å²) in [6, 6.07) is 0. The molecule has 0 radical (unpaired) electrons. The minimum atomic E-state index is 0.107. The van der Waals surface area contributed by atoms with Crippen LogP contribution in [0.2, 0.25) is 0 Å². The highest BCUT2D eigenvalue weighted by atomic mass is 32.2. The monoisotopic (exact) mass is 308 g/mol. The van der Waals surface area contributed by atoms with E-state index in [-0.39, 0.29) is 16.7 Å². The van der Waals surface area contributed by atoms with Gasteiger partial charge in [0.1, 0.15) is 0 Å². The molecular formula is C16H24N2O2S. The van der Waals surface area contributed by atoms with Crippen molar-refractivity contribution < 1.29 is 9.59 Å². The van der Waals surface area contributed by atoms with Crippen molar-refractivity contribution in [3.8, 4) is 0 Å². The van der Waals surface area contributed by atoms with Crippen molar-refractivity contribution in [3.63, 3.8) is 0 Å². The van der Waals surface area contributed by atoms with Gasteiger partial charge in [0.2, 0.25) is 5.91 Å². The van der Waals surface area contributed by atoms with Gasteiger partial charge in [-0.15, -0.1) is 0 Å². The highest BCUT2D eigenvalue weighted by Gasteiger charge is 2.51. The molecule has 4 nitrogen and oxygen atoms in total. The number of nitrogens with one attached hydrogen (secondary N) is 1. The molecule has 4 saturated carbocycles. The zero-order chi connectivity index (χ0) is 14.4. The average molecular weight is 308 g/mol. The number of carbonyl (C=O) groups is 2. The van der Waals surface area contributed by atoms with Crippen LogP contribution in [0.5, 0.6) is 0 Å². The van der Waals surface area contributed by atoms with Crippen LogP contribution in [-0.2, 0) is 4.79 Å². The van der Waals surface area contributed by atoms with Gasteiger partial charge >= 0.3 is 0 Å². The van der Waals surface area contributed by atoms with Gasteiger partial charge in [-0.25, -0.2) is 0 Å². The number of hydrogen-bond donors (Lipinski definition) is 1. The molecule has 2 amide bonds. The largest absolute Gasteiger partial charge is 0.351 e. The lowest BCUT2D eigenvalue weighted by Gasteiger charge is -2.57. The summed E-state index contributed by atoms with van der Waals surface area (Å²) in [6.07, 6.45) is 8.25. The minimum absolute atomic E-state index is 0.107. The van der Waals surface area contributed by atoms with E-state index >= 15 is 0 Å². The summed E-state index contributed by atoms with van der Waals surface area (Å²) in [4.78, 5) is 25.7. The van der Waals surface area contributed by atoms with Crippen LogP contribution in [0.25, 0.3) is 0 Å². The van der Waals surface area contributed by atoms with Gasteiger partial charge < -0.3 is 10.2 Å². The number of thioether (sulfide) groups is 1. The van der Waals surface area contributed by atoms with Gasteiger partial charge in [0.15, 0.2) is 0 Å². The molecule has 0 spiro atoms. The maximum atomic E-state index is 12.3. The van der Waals surface area contributed by atoms with E-state index in [1.165, 1.54) is 50.3 Å². The molecule has 5 aliphatic rings. The van der Waals surface area contributed by atoms with Crippen LogP contribution >= 0.6 is 11.8 Å². The molecule has 1 aliphatic heterocycles. The van der Waals surface area contributed by atoms with Gasteiger partial charge in [0.25, 0.3) is 5.24 Å². The highest BCUT2D eigenvalue weighted by Crippen LogP contribution is 2.55. The lowest BCUT2D eigenvalue weighted by Crippen LogP contribution is -2.60. The van der Waals surface area contributed by atoms with Crippen molar-refractivity contribution in [2.75, 3.05) is 18.8 Å². The molecule has 0 atom stereocenters. The van der Waals surface area contributed by atoms with Crippen LogP contribution in [-0.4, -0.2) is 40.4 Å².